The molecule has 2 aliphatic rings. The van der Waals surface area contributed by atoms with Crippen LogP contribution in [0.5, 0.6) is 0 Å². The van der Waals surface area contributed by atoms with Crippen LogP contribution < -0.4 is 5.32 Å². The molecule has 4 nitrogen and oxygen atoms in total. The Labute approximate surface area is 119 Å². The standard InChI is InChI=1S/C16H20N2O2/c1-10(11-7-8-11)18(2)16(20)13-9-15(19)17-14-6-4-3-5-12(13)14/h3-6,10-11,13H,7-9H2,1-2H3,(H,17,19)/t10-,13-/m1/s1. The van der Waals surface area contributed by atoms with Crippen molar-refractivity contribution in [1.29, 1.82) is 0 Å². The van der Waals surface area contributed by atoms with E-state index < -0.39 is 0 Å². The minimum atomic E-state index is -0.342. The number of amides is 2. The van der Waals surface area contributed by atoms with E-state index in [9.17, 15) is 9.59 Å². The average Bonchev–Trinajstić information content (AvgIpc) is 3.28. The van der Waals surface area contributed by atoms with Crippen LogP contribution in [0.1, 0.15) is 37.7 Å². The summed E-state index contributed by atoms with van der Waals surface area (Å²) < 4.78 is 0. The Balaban J connectivity index is 1.85. The zero-order chi connectivity index (χ0) is 14.3. The van der Waals surface area contributed by atoms with Crippen LogP contribution in [-0.2, 0) is 9.59 Å². The molecule has 4 heteroatoms. The Kier molecular flexibility index (Phi) is 3.24. The maximum absolute atomic E-state index is 12.7. The van der Waals surface area contributed by atoms with Crippen molar-refractivity contribution in [3.63, 3.8) is 0 Å². The number of carbonyl (C=O) groups excluding carboxylic acids is 2. The van der Waals surface area contributed by atoms with E-state index >= 15 is 0 Å². The van der Waals surface area contributed by atoms with Gasteiger partial charge < -0.3 is 10.2 Å². The summed E-state index contributed by atoms with van der Waals surface area (Å²) in [5, 5.41) is 2.84. The number of carbonyl (C=O) groups is 2. The van der Waals surface area contributed by atoms with Gasteiger partial charge in [0.2, 0.25) is 11.8 Å². The number of likely N-dealkylation sites (N-methyl/N-ethyl adjacent to an activating group) is 1. The molecule has 1 aliphatic heterocycles. The first kappa shape index (κ1) is 13.2. The van der Waals surface area contributed by atoms with E-state index in [0.29, 0.717) is 5.92 Å². The minimum Gasteiger partial charge on any atom is -0.342 e. The largest absolute Gasteiger partial charge is 0.342 e. The monoisotopic (exact) mass is 272 g/mol. The summed E-state index contributed by atoms with van der Waals surface area (Å²) in [5.74, 6) is 0.281. The molecule has 1 heterocycles. The van der Waals surface area contributed by atoms with Gasteiger partial charge in [-0.3, -0.25) is 9.59 Å². The van der Waals surface area contributed by atoms with Crippen molar-refractivity contribution in [2.45, 2.75) is 38.1 Å². The molecule has 0 bridgehead atoms. The molecule has 106 valence electrons. The summed E-state index contributed by atoms with van der Waals surface area (Å²) in [6.07, 6.45) is 2.67. The van der Waals surface area contributed by atoms with Crippen molar-refractivity contribution < 1.29 is 9.59 Å². The number of benzene rings is 1. The van der Waals surface area contributed by atoms with Crippen molar-refractivity contribution in [2.24, 2.45) is 5.92 Å². The van der Waals surface area contributed by atoms with Gasteiger partial charge in [0, 0.05) is 25.2 Å². The third kappa shape index (κ3) is 2.30. The molecule has 1 aromatic rings. The summed E-state index contributed by atoms with van der Waals surface area (Å²) in [6.45, 7) is 2.10. The highest BCUT2D eigenvalue weighted by Gasteiger charge is 2.37. The van der Waals surface area contributed by atoms with Gasteiger partial charge in [0.15, 0.2) is 0 Å². The Hall–Kier alpha value is -1.84. The number of hydrogen-bond donors (Lipinski definition) is 1. The summed E-state index contributed by atoms with van der Waals surface area (Å²) in [4.78, 5) is 26.4. The zero-order valence-electron chi connectivity index (χ0n) is 11.9. The Morgan fingerprint density at radius 2 is 2.05 bits per heavy atom. The van der Waals surface area contributed by atoms with Gasteiger partial charge >= 0.3 is 0 Å². The molecule has 0 saturated heterocycles. The van der Waals surface area contributed by atoms with Crippen molar-refractivity contribution in [3.05, 3.63) is 29.8 Å². The molecule has 20 heavy (non-hydrogen) atoms. The quantitative estimate of drug-likeness (QED) is 0.918. The Bertz CT molecular complexity index is 551. The second-order valence-corrected chi connectivity index (χ2v) is 5.92. The molecule has 3 rings (SSSR count). The number of anilines is 1. The van der Waals surface area contributed by atoms with Gasteiger partial charge in [0.1, 0.15) is 0 Å². The fourth-order valence-corrected chi connectivity index (χ4v) is 2.97. The predicted molar refractivity (Wildman–Crippen MR) is 77.4 cm³/mol. The van der Waals surface area contributed by atoms with Crippen molar-refractivity contribution in [3.8, 4) is 0 Å². The van der Waals surface area contributed by atoms with E-state index in [2.05, 4.69) is 12.2 Å². The van der Waals surface area contributed by atoms with Gasteiger partial charge in [-0.15, -0.1) is 0 Å². The zero-order valence-corrected chi connectivity index (χ0v) is 11.9. The molecule has 2 amide bonds. The van der Waals surface area contributed by atoms with Crippen LogP contribution in [-0.4, -0.2) is 29.8 Å². The lowest BCUT2D eigenvalue weighted by molar-refractivity contribution is -0.135. The van der Waals surface area contributed by atoms with E-state index in [1.165, 1.54) is 12.8 Å². The first-order chi connectivity index (χ1) is 9.58. The Morgan fingerprint density at radius 1 is 1.35 bits per heavy atom. The molecule has 0 unspecified atom stereocenters. The topological polar surface area (TPSA) is 49.4 Å². The fourth-order valence-electron chi connectivity index (χ4n) is 2.97. The van der Waals surface area contributed by atoms with Crippen LogP contribution in [0.25, 0.3) is 0 Å². The normalized spacial score (nSPS) is 22.7. The maximum Gasteiger partial charge on any atom is 0.230 e. The molecule has 1 saturated carbocycles. The van der Waals surface area contributed by atoms with Crippen molar-refractivity contribution >= 4 is 17.5 Å². The highest BCUT2D eigenvalue weighted by Crippen LogP contribution is 2.37. The van der Waals surface area contributed by atoms with Crippen LogP contribution in [0, 0.1) is 5.92 Å². The molecule has 1 aliphatic carbocycles. The van der Waals surface area contributed by atoms with E-state index in [1.807, 2.05) is 36.2 Å². The summed E-state index contributed by atoms with van der Waals surface area (Å²) in [7, 11) is 1.86. The maximum atomic E-state index is 12.7. The number of hydrogen-bond acceptors (Lipinski definition) is 2. The van der Waals surface area contributed by atoms with Crippen LogP contribution in [0.2, 0.25) is 0 Å². The van der Waals surface area contributed by atoms with Crippen molar-refractivity contribution in [1.82, 2.24) is 4.90 Å². The molecule has 0 spiro atoms. The van der Waals surface area contributed by atoms with Gasteiger partial charge in [-0.25, -0.2) is 0 Å². The fraction of sp³-hybridized carbons (Fsp3) is 0.500. The van der Waals surface area contributed by atoms with Crippen molar-refractivity contribution in [2.75, 3.05) is 12.4 Å². The average molecular weight is 272 g/mol. The van der Waals surface area contributed by atoms with Crippen LogP contribution in [0.3, 0.4) is 0 Å². The number of nitrogens with one attached hydrogen (secondary N) is 1. The SMILES string of the molecule is C[C@H](C1CC1)N(C)C(=O)[C@@H]1CC(=O)Nc2ccccc21. The van der Waals surface area contributed by atoms with E-state index in [4.69, 9.17) is 0 Å². The number of para-hydroxylation sites is 1. The third-order valence-electron chi connectivity index (χ3n) is 4.56. The smallest absolute Gasteiger partial charge is 0.230 e. The predicted octanol–water partition coefficient (Wildman–Crippen LogP) is 2.37. The number of rotatable bonds is 3. The lowest BCUT2D eigenvalue weighted by atomic mass is 9.89. The molecule has 1 fully saturated rings. The lowest BCUT2D eigenvalue weighted by Gasteiger charge is -2.32. The molecule has 2 atom stereocenters. The molecule has 1 N–H and O–H groups in total. The summed E-state index contributed by atoms with van der Waals surface area (Å²) in [5.41, 5.74) is 1.71. The van der Waals surface area contributed by atoms with E-state index in [0.717, 1.165) is 11.3 Å². The number of fused-ring (bicyclic) bond motifs is 1. The molecule has 0 radical (unpaired) electrons. The molecule has 0 aromatic heterocycles. The minimum absolute atomic E-state index is 0.0618. The van der Waals surface area contributed by atoms with Crippen LogP contribution >= 0.6 is 0 Å². The lowest BCUT2D eigenvalue weighted by Crippen LogP contribution is -2.41. The molecular formula is C16H20N2O2. The van der Waals surface area contributed by atoms with E-state index in [1.54, 1.807) is 0 Å². The van der Waals surface area contributed by atoms with Gasteiger partial charge in [0.25, 0.3) is 0 Å². The number of nitrogens with zero attached hydrogens (tertiary/aromatic N) is 1. The van der Waals surface area contributed by atoms with Gasteiger partial charge in [-0.2, -0.15) is 0 Å². The van der Waals surface area contributed by atoms with Crippen LogP contribution in [0.4, 0.5) is 5.69 Å². The highest BCUT2D eigenvalue weighted by molar-refractivity contribution is 6.01. The molecule has 1 aromatic carbocycles. The van der Waals surface area contributed by atoms with Crippen LogP contribution in [0.15, 0.2) is 24.3 Å². The second-order valence-electron chi connectivity index (χ2n) is 5.92. The second kappa shape index (κ2) is 4.93. The summed E-state index contributed by atoms with van der Waals surface area (Å²) >= 11 is 0. The van der Waals surface area contributed by atoms with Gasteiger partial charge in [-0.1, -0.05) is 18.2 Å². The first-order valence-corrected chi connectivity index (χ1v) is 7.23. The van der Waals surface area contributed by atoms with E-state index in [-0.39, 0.29) is 30.2 Å². The third-order valence-corrected chi connectivity index (χ3v) is 4.56. The molecular weight excluding hydrogens is 252 g/mol. The van der Waals surface area contributed by atoms with Gasteiger partial charge in [0.05, 0.1) is 5.92 Å². The first-order valence-electron chi connectivity index (χ1n) is 7.23. The summed E-state index contributed by atoms with van der Waals surface area (Å²) in [6, 6.07) is 7.85. The van der Waals surface area contributed by atoms with Gasteiger partial charge in [-0.05, 0) is 37.3 Å². The highest BCUT2D eigenvalue weighted by atomic mass is 16.2. The Morgan fingerprint density at radius 3 is 2.75 bits per heavy atom.